The summed E-state index contributed by atoms with van der Waals surface area (Å²) in [6.45, 7) is 1.95. The van der Waals surface area contributed by atoms with Crippen LogP contribution in [0.15, 0.2) is 18.2 Å². The van der Waals surface area contributed by atoms with Crippen LogP contribution in [0.2, 0.25) is 0 Å². The van der Waals surface area contributed by atoms with E-state index >= 15 is 0 Å². The molecule has 5 heteroatoms. The quantitative estimate of drug-likeness (QED) is 0.742. The molecule has 0 bridgehead atoms. The Morgan fingerprint density at radius 1 is 1.44 bits per heavy atom. The zero-order valence-corrected chi connectivity index (χ0v) is 10.5. The van der Waals surface area contributed by atoms with Gasteiger partial charge in [0.25, 0.3) is 0 Å². The van der Waals surface area contributed by atoms with Gasteiger partial charge in [-0.1, -0.05) is 6.92 Å². The summed E-state index contributed by atoms with van der Waals surface area (Å²) in [5.41, 5.74) is 6.71. The van der Waals surface area contributed by atoms with Crippen LogP contribution >= 0.6 is 0 Å². The molecule has 0 saturated carbocycles. The normalized spacial score (nSPS) is 11.9. The number of aryl methyl sites for hydroxylation is 1. The maximum Gasteiger partial charge on any atom is 0.320 e. The highest BCUT2D eigenvalue weighted by Gasteiger charge is 2.18. The first-order valence-corrected chi connectivity index (χ1v) is 5.68. The van der Waals surface area contributed by atoms with Crippen molar-refractivity contribution in [2.24, 2.45) is 5.73 Å². The first kappa shape index (κ1) is 14.2. The van der Waals surface area contributed by atoms with E-state index in [4.69, 9.17) is 15.6 Å². The summed E-state index contributed by atoms with van der Waals surface area (Å²) in [5.74, 6) is -0.730. The van der Waals surface area contributed by atoms with Gasteiger partial charge in [0.05, 0.1) is 7.11 Å². The number of carbonyl (C=O) groups excluding carboxylic acids is 1. The van der Waals surface area contributed by atoms with Crippen molar-refractivity contribution in [3.8, 4) is 5.75 Å². The van der Waals surface area contributed by atoms with Crippen LogP contribution in [0.4, 0.5) is 0 Å². The molecule has 18 heavy (non-hydrogen) atoms. The van der Waals surface area contributed by atoms with Gasteiger partial charge in [0.15, 0.2) is 5.78 Å². The van der Waals surface area contributed by atoms with Crippen LogP contribution in [0, 0.1) is 0 Å². The number of rotatable bonds is 6. The van der Waals surface area contributed by atoms with Crippen LogP contribution in [0.3, 0.4) is 0 Å². The minimum absolute atomic E-state index is 0.204. The topological polar surface area (TPSA) is 89.6 Å². The maximum atomic E-state index is 11.8. The second-order valence-corrected chi connectivity index (χ2v) is 3.95. The van der Waals surface area contributed by atoms with E-state index in [0.717, 1.165) is 17.7 Å². The maximum absolute atomic E-state index is 11.8. The molecule has 5 nitrogen and oxygen atoms in total. The number of hydrogen-bond acceptors (Lipinski definition) is 4. The third kappa shape index (κ3) is 3.30. The lowest BCUT2D eigenvalue weighted by atomic mass is 10.0. The van der Waals surface area contributed by atoms with E-state index in [1.165, 1.54) is 0 Å². The van der Waals surface area contributed by atoms with Crippen molar-refractivity contribution in [2.75, 3.05) is 7.11 Å². The summed E-state index contributed by atoms with van der Waals surface area (Å²) in [6, 6.07) is 3.88. The number of benzene rings is 1. The Hall–Kier alpha value is -1.88. The third-order valence-corrected chi connectivity index (χ3v) is 2.71. The van der Waals surface area contributed by atoms with Crippen molar-refractivity contribution in [1.29, 1.82) is 0 Å². The number of Topliss-reactive ketones (excluding diaryl/α,β-unsaturated/α-hetero) is 1. The van der Waals surface area contributed by atoms with Gasteiger partial charge in [-0.25, -0.2) is 0 Å². The fourth-order valence-electron chi connectivity index (χ4n) is 1.63. The largest absolute Gasteiger partial charge is 0.496 e. The Bertz CT molecular complexity index is 456. The van der Waals surface area contributed by atoms with Crippen LogP contribution in [0.1, 0.15) is 29.3 Å². The molecule has 0 aliphatic heterocycles. The SMILES string of the molecule is CCc1cc(C(=O)CC(N)C(=O)O)ccc1OC. The summed E-state index contributed by atoms with van der Waals surface area (Å²) in [7, 11) is 1.57. The summed E-state index contributed by atoms with van der Waals surface area (Å²) in [4.78, 5) is 22.4. The number of nitrogens with two attached hydrogens (primary N) is 1. The third-order valence-electron chi connectivity index (χ3n) is 2.71. The van der Waals surface area contributed by atoms with Crippen molar-refractivity contribution in [3.05, 3.63) is 29.3 Å². The standard InChI is InChI=1S/C13H17NO4/c1-3-8-6-9(4-5-12(8)18-2)11(15)7-10(14)13(16)17/h4-6,10H,3,7,14H2,1-2H3,(H,16,17). The number of carbonyl (C=O) groups is 2. The number of hydrogen-bond donors (Lipinski definition) is 2. The fraction of sp³-hybridized carbons (Fsp3) is 0.385. The van der Waals surface area contributed by atoms with Crippen molar-refractivity contribution in [3.63, 3.8) is 0 Å². The molecule has 0 saturated heterocycles. The van der Waals surface area contributed by atoms with Crippen LogP contribution in [-0.2, 0) is 11.2 Å². The predicted molar refractivity (Wildman–Crippen MR) is 66.9 cm³/mol. The van der Waals surface area contributed by atoms with Gasteiger partial charge >= 0.3 is 5.97 Å². The molecular formula is C13H17NO4. The van der Waals surface area contributed by atoms with Crippen LogP contribution in [0.5, 0.6) is 5.75 Å². The van der Waals surface area contributed by atoms with Crippen LogP contribution in [0.25, 0.3) is 0 Å². The molecule has 1 aromatic carbocycles. The molecule has 3 N–H and O–H groups in total. The Morgan fingerprint density at radius 3 is 2.61 bits per heavy atom. The highest BCUT2D eigenvalue weighted by atomic mass is 16.5. The molecule has 0 aromatic heterocycles. The average molecular weight is 251 g/mol. The molecule has 0 aliphatic rings. The van der Waals surface area contributed by atoms with Crippen LogP contribution < -0.4 is 10.5 Å². The van der Waals surface area contributed by atoms with E-state index in [9.17, 15) is 9.59 Å². The molecule has 0 amide bonds. The average Bonchev–Trinajstić information content (AvgIpc) is 2.37. The van der Waals surface area contributed by atoms with E-state index in [1.807, 2.05) is 6.92 Å². The highest BCUT2D eigenvalue weighted by Crippen LogP contribution is 2.21. The minimum Gasteiger partial charge on any atom is -0.496 e. The van der Waals surface area contributed by atoms with Crippen molar-refractivity contribution >= 4 is 11.8 Å². The highest BCUT2D eigenvalue weighted by molar-refractivity contribution is 5.99. The van der Waals surface area contributed by atoms with E-state index in [2.05, 4.69) is 0 Å². The van der Waals surface area contributed by atoms with Gasteiger partial charge in [0.1, 0.15) is 11.8 Å². The molecule has 0 spiro atoms. The van der Waals surface area contributed by atoms with Crippen molar-refractivity contribution in [1.82, 2.24) is 0 Å². The summed E-state index contributed by atoms with van der Waals surface area (Å²) >= 11 is 0. The summed E-state index contributed by atoms with van der Waals surface area (Å²) in [6.07, 6.45) is 0.528. The number of carboxylic acids is 1. The van der Waals surface area contributed by atoms with Gasteiger partial charge in [-0.2, -0.15) is 0 Å². The smallest absolute Gasteiger partial charge is 0.320 e. The Morgan fingerprint density at radius 2 is 2.11 bits per heavy atom. The number of ketones is 1. The molecule has 1 rings (SSSR count). The van der Waals surface area contributed by atoms with Gasteiger partial charge in [-0.05, 0) is 30.2 Å². The monoisotopic (exact) mass is 251 g/mol. The predicted octanol–water partition coefficient (Wildman–Crippen LogP) is 1.24. The fourth-order valence-corrected chi connectivity index (χ4v) is 1.63. The Balaban J connectivity index is 2.90. The molecule has 0 radical (unpaired) electrons. The minimum atomic E-state index is -1.17. The van der Waals surface area contributed by atoms with Gasteiger partial charge in [-0.15, -0.1) is 0 Å². The molecule has 1 unspecified atom stereocenters. The molecule has 1 atom stereocenters. The van der Waals surface area contributed by atoms with Crippen molar-refractivity contribution < 1.29 is 19.4 Å². The van der Waals surface area contributed by atoms with Crippen molar-refractivity contribution in [2.45, 2.75) is 25.8 Å². The first-order valence-electron chi connectivity index (χ1n) is 5.68. The molecule has 0 heterocycles. The van der Waals surface area contributed by atoms with Gasteiger partial charge in [-0.3, -0.25) is 9.59 Å². The lowest BCUT2D eigenvalue weighted by molar-refractivity contribution is -0.138. The second kappa shape index (κ2) is 6.16. The molecule has 0 aliphatic carbocycles. The van der Waals surface area contributed by atoms with E-state index in [0.29, 0.717) is 5.56 Å². The number of carboxylic acid groups (broad SMARTS) is 1. The van der Waals surface area contributed by atoms with Crippen LogP contribution in [-0.4, -0.2) is 30.0 Å². The summed E-state index contributed by atoms with van der Waals surface area (Å²) < 4.78 is 5.16. The number of aliphatic carboxylic acids is 1. The zero-order chi connectivity index (χ0) is 13.7. The lowest BCUT2D eigenvalue weighted by Crippen LogP contribution is -2.32. The Labute approximate surface area is 106 Å². The molecular weight excluding hydrogens is 234 g/mol. The van der Waals surface area contributed by atoms with Gasteiger partial charge < -0.3 is 15.6 Å². The van der Waals surface area contributed by atoms with E-state index in [1.54, 1.807) is 25.3 Å². The number of ether oxygens (including phenoxy) is 1. The van der Waals surface area contributed by atoms with E-state index in [-0.39, 0.29) is 12.2 Å². The lowest BCUT2D eigenvalue weighted by Gasteiger charge is -2.10. The zero-order valence-electron chi connectivity index (χ0n) is 10.5. The Kier molecular flexibility index (Phi) is 4.85. The van der Waals surface area contributed by atoms with Gasteiger partial charge in [0, 0.05) is 12.0 Å². The number of methoxy groups -OCH3 is 1. The first-order chi connectivity index (χ1) is 8.49. The van der Waals surface area contributed by atoms with Gasteiger partial charge in [0.2, 0.25) is 0 Å². The molecule has 1 aromatic rings. The van der Waals surface area contributed by atoms with E-state index < -0.39 is 12.0 Å². The molecule has 0 fully saturated rings. The molecule has 98 valence electrons. The summed E-state index contributed by atoms with van der Waals surface area (Å²) in [5, 5.41) is 8.66. The second-order valence-electron chi connectivity index (χ2n) is 3.95.